The van der Waals surface area contributed by atoms with Crippen molar-refractivity contribution in [3.05, 3.63) is 40.0 Å². The summed E-state index contributed by atoms with van der Waals surface area (Å²) < 4.78 is 12.8. The van der Waals surface area contributed by atoms with E-state index in [1.54, 1.807) is 19.1 Å². The molecule has 1 radical (unpaired) electrons. The Labute approximate surface area is 98.0 Å². The average molecular weight is 255 g/mol. The van der Waals surface area contributed by atoms with Crippen LogP contribution >= 0.6 is 34.8 Å². The van der Waals surface area contributed by atoms with Gasteiger partial charge in [0.25, 0.3) is 0 Å². The van der Waals surface area contributed by atoms with Gasteiger partial charge in [-0.1, -0.05) is 17.7 Å². The van der Waals surface area contributed by atoms with Crippen LogP contribution in [-0.2, 0) is 6.42 Å². The highest BCUT2D eigenvalue weighted by Crippen LogP contribution is 2.23. The van der Waals surface area contributed by atoms with Gasteiger partial charge in [-0.05, 0) is 31.0 Å². The maximum atomic E-state index is 12.8. The highest BCUT2D eigenvalue weighted by molar-refractivity contribution is 6.34. The molecule has 1 aromatic rings. The van der Waals surface area contributed by atoms with Gasteiger partial charge in [-0.25, -0.2) is 4.39 Å². The van der Waals surface area contributed by atoms with Gasteiger partial charge in [-0.15, -0.1) is 23.2 Å². The van der Waals surface area contributed by atoms with E-state index in [0.29, 0.717) is 11.8 Å². The summed E-state index contributed by atoms with van der Waals surface area (Å²) in [5.41, 5.74) is 0.872. The number of alkyl halides is 1. The second kappa shape index (κ2) is 5.20. The topological polar surface area (TPSA) is 0 Å². The molecule has 0 heterocycles. The fraction of sp³-hybridized carbons (Fsp3) is 0.300. The molecular formula is C10H9Cl3F. The summed E-state index contributed by atoms with van der Waals surface area (Å²) in [5, 5.41) is 0.476. The third kappa shape index (κ3) is 3.30. The average Bonchev–Trinajstić information content (AvgIpc) is 2.11. The molecule has 0 nitrogen and oxygen atoms in total. The quantitative estimate of drug-likeness (QED) is 0.701. The van der Waals surface area contributed by atoms with Crippen LogP contribution in [0.5, 0.6) is 0 Å². The highest BCUT2D eigenvalue weighted by atomic mass is 35.5. The monoisotopic (exact) mass is 253 g/mol. The number of halogens is 4. The molecule has 0 saturated carbocycles. The van der Waals surface area contributed by atoms with Crippen molar-refractivity contribution in [3.63, 3.8) is 0 Å². The third-order valence-corrected chi connectivity index (χ3v) is 2.98. The molecule has 1 atom stereocenters. The molecular weight excluding hydrogens is 245 g/mol. The molecule has 1 rings (SSSR count). The van der Waals surface area contributed by atoms with Crippen molar-refractivity contribution in [1.82, 2.24) is 0 Å². The fourth-order valence-electron chi connectivity index (χ4n) is 1.01. The molecule has 0 bridgehead atoms. The van der Waals surface area contributed by atoms with Crippen LogP contribution in [-0.4, -0.2) is 5.38 Å². The van der Waals surface area contributed by atoms with E-state index in [0.717, 1.165) is 5.56 Å². The number of benzene rings is 1. The van der Waals surface area contributed by atoms with Gasteiger partial charge in [-0.3, -0.25) is 0 Å². The van der Waals surface area contributed by atoms with Crippen molar-refractivity contribution in [1.29, 1.82) is 0 Å². The molecule has 0 aromatic heterocycles. The maximum Gasteiger partial charge on any atom is 0.141 e. The molecule has 77 valence electrons. The van der Waals surface area contributed by atoms with Gasteiger partial charge in [-0.2, -0.15) is 0 Å². The Balaban J connectivity index is 2.73. The Kier molecular flexibility index (Phi) is 4.49. The molecule has 0 aliphatic rings. The first kappa shape index (κ1) is 12.1. The summed E-state index contributed by atoms with van der Waals surface area (Å²) in [6.07, 6.45) is 0.552. The highest BCUT2D eigenvalue weighted by Gasteiger charge is 2.13. The third-order valence-electron chi connectivity index (χ3n) is 1.83. The predicted molar refractivity (Wildman–Crippen MR) is 59.5 cm³/mol. The first-order chi connectivity index (χ1) is 6.50. The lowest BCUT2D eigenvalue weighted by atomic mass is 10.1. The number of hydrogen-bond donors (Lipinski definition) is 0. The van der Waals surface area contributed by atoms with E-state index in [9.17, 15) is 4.39 Å². The fourth-order valence-corrected chi connectivity index (χ4v) is 1.47. The largest absolute Gasteiger partial charge is 0.205 e. The Morgan fingerprint density at radius 3 is 2.64 bits per heavy atom. The van der Waals surface area contributed by atoms with E-state index in [1.165, 1.54) is 6.07 Å². The van der Waals surface area contributed by atoms with Gasteiger partial charge in [0.2, 0.25) is 0 Å². The number of hydrogen-bond acceptors (Lipinski definition) is 0. The van der Waals surface area contributed by atoms with Crippen molar-refractivity contribution in [3.8, 4) is 0 Å². The van der Waals surface area contributed by atoms with Crippen LogP contribution in [0, 0.1) is 11.2 Å². The molecule has 1 aromatic carbocycles. The van der Waals surface area contributed by atoms with E-state index < -0.39 is 5.82 Å². The van der Waals surface area contributed by atoms with E-state index >= 15 is 0 Å². The van der Waals surface area contributed by atoms with Crippen LogP contribution in [0.25, 0.3) is 0 Å². The second-order valence-corrected chi connectivity index (χ2v) is 4.54. The van der Waals surface area contributed by atoms with Crippen LogP contribution in [0.3, 0.4) is 0 Å². The lowest BCUT2D eigenvalue weighted by Gasteiger charge is -2.10. The summed E-state index contributed by atoms with van der Waals surface area (Å²) in [6, 6.07) is 4.54. The molecule has 0 spiro atoms. The molecule has 0 fully saturated rings. The summed E-state index contributed by atoms with van der Waals surface area (Å²) >= 11 is 17.3. The van der Waals surface area contributed by atoms with Gasteiger partial charge in [0.05, 0.1) is 15.8 Å². The Hall–Kier alpha value is 0.0200. The van der Waals surface area contributed by atoms with Crippen LogP contribution in [0.1, 0.15) is 12.5 Å². The van der Waals surface area contributed by atoms with Gasteiger partial charge >= 0.3 is 0 Å². The van der Waals surface area contributed by atoms with Crippen LogP contribution < -0.4 is 0 Å². The molecule has 0 aliphatic heterocycles. The molecule has 1 unspecified atom stereocenters. The molecule has 0 aliphatic carbocycles. The molecule has 4 heteroatoms. The summed E-state index contributed by atoms with van der Waals surface area (Å²) in [5.74, 6) is -0.423. The smallest absolute Gasteiger partial charge is 0.141 e. The van der Waals surface area contributed by atoms with Crippen LogP contribution in [0.4, 0.5) is 4.39 Å². The first-order valence-electron chi connectivity index (χ1n) is 4.07. The normalized spacial score (nSPS) is 13.3. The zero-order chi connectivity index (χ0) is 10.7. The van der Waals surface area contributed by atoms with Crippen molar-refractivity contribution in [2.45, 2.75) is 18.7 Å². The zero-order valence-corrected chi connectivity index (χ0v) is 9.80. The minimum Gasteiger partial charge on any atom is -0.205 e. The lowest BCUT2D eigenvalue weighted by Crippen LogP contribution is -2.07. The van der Waals surface area contributed by atoms with Crippen molar-refractivity contribution in [2.75, 3.05) is 0 Å². The Morgan fingerprint density at radius 2 is 2.14 bits per heavy atom. The van der Waals surface area contributed by atoms with Crippen molar-refractivity contribution in [2.24, 2.45) is 0 Å². The van der Waals surface area contributed by atoms with Crippen LogP contribution in [0.2, 0.25) is 5.02 Å². The van der Waals surface area contributed by atoms with E-state index in [-0.39, 0.29) is 10.4 Å². The standard InChI is InChI=1S/C10H9Cl3F/c1-6(11)8(12)4-7-2-3-10(14)9(13)5-7/h2-3,5,8H,4H2,1H3. The van der Waals surface area contributed by atoms with E-state index in [4.69, 9.17) is 34.8 Å². The molecule has 0 N–H and O–H groups in total. The van der Waals surface area contributed by atoms with Gasteiger partial charge in [0.15, 0.2) is 0 Å². The van der Waals surface area contributed by atoms with Crippen LogP contribution in [0.15, 0.2) is 18.2 Å². The SMILES string of the molecule is C[C](Cl)C(Cl)Cc1ccc(F)c(Cl)c1. The summed E-state index contributed by atoms with van der Waals surface area (Å²) in [4.78, 5) is 0. The predicted octanol–water partition coefficient (Wildman–Crippen LogP) is 4.42. The minimum atomic E-state index is -0.423. The summed E-state index contributed by atoms with van der Waals surface area (Å²) in [6.45, 7) is 1.74. The second-order valence-electron chi connectivity index (χ2n) is 3.01. The maximum absolute atomic E-state index is 12.8. The Morgan fingerprint density at radius 1 is 1.50 bits per heavy atom. The van der Waals surface area contributed by atoms with Gasteiger partial charge < -0.3 is 0 Å². The molecule has 0 amide bonds. The van der Waals surface area contributed by atoms with E-state index in [1.807, 2.05) is 0 Å². The van der Waals surface area contributed by atoms with E-state index in [2.05, 4.69) is 0 Å². The minimum absolute atomic E-state index is 0.110. The summed E-state index contributed by atoms with van der Waals surface area (Å²) in [7, 11) is 0. The first-order valence-corrected chi connectivity index (χ1v) is 5.27. The Bertz CT molecular complexity index is 312. The van der Waals surface area contributed by atoms with Crippen molar-refractivity contribution >= 4 is 34.8 Å². The molecule has 0 saturated heterocycles. The van der Waals surface area contributed by atoms with Gasteiger partial charge in [0, 0.05) is 0 Å². The zero-order valence-electron chi connectivity index (χ0n) is 7.53. The number of rotatable bonds is 3. The van der Waals surface area contributed by atoms with Crippen molar-refractivity contribution < 1.29 is 4.39 Å². The van der Waals surface area contributed by atoms with Gasteiger partial charge in [0.1, 0.15) is 5.82 Å². The molecule has 14 heavy (non-hydrogen) atoms. The lowest BCUT2D eigenvalue weighted by molar-refractivity contribution is 0.627.